The van der Waals surface area contributed by atoms with E-state index in [9.17, 15) is 31.0 Å². The van der Waals surface area contributed by atoms with Crippen LogP contribution in [-0.4, -0.2) is 31.0 Å². The van der Waals surface area contributed by atoms with Crippen LogP contribution >= 0.6 is 0 Å². The fourth-order valence-corrected chi connectivity index (χ4v) is 4.32. The van der Waals surface area contributed by atoms with Gasteiger partial charge in [-0.05, 0) is 35.0 Å². The zero-order valence-corrected chi connectivity index (χ0v) is 19.2. The molecule has 9 nitrogen and oxygen atoms in total. The van der Waals surface area contributed by atoms with Gasteiger partial charge in [0.05, 0.1) is 10.6 Å². The summed E-state index contributed by atoms with van der Waals surface area (Å²) in [5.74, 6) is -0.849. The highest BCUT2D eigenvalue weighted by atomic mass is 32.2. The molecular weight excluding hydrogens is 468 g/mol. The molecule has 11 heteroatoms. The summed E-state index contributed by atoms with van der Waals surface area (Å²) in [4.78, 5) is -1.37. The predicted molar refractivity (Wildman–Crippen MR) is 125 cm³/mol. The second-order valence-corrected chi connectivity index (χ2v) is 9.41. The van der Waals surface area contributed by atoms with Crippen LogP contribution in [0.4, 0.5) is 11.4 Å². The van der Waals surface area contributed by atoms with Gasteiger partial charge in [-0.2, -0.15) is 16.8 Å². The molecule has 4 aromatic rings. The molecule has 4 aromatic carbocycles. The van der Waals surface area contributed by atoms with Gasteiger partial charge >= 0.3 is 0 Å². The van der Waals surface area contributed by atoms with Crippen molar-refractivity contribution in [2.45, 2.75) is 23.6 Å². The van der Waals surface area contributed by atoms with Crippen LogP contribution in [0.5, 0.6) is 5.75 Å². The molecule has 0 saturated carbocycles. The second kappa shape index (κ2) is 9.24. The first-order valence-corrected chi connectivity index (χ1v) is 12.6. The lowest BCUT2D eigenvalue weighted by molar-refractivity contribution is 0.445. The maximum Gasteiger partial charge on any atom is 0.298 e. The van der Waals surface area contributed by atoms with Crippen molar-refractivity contribution in [3.05, 3.63) is 66.7 Å². The van der Waals surface area contributed by atoms with Gasteiger partial charge in [-0.25, -0.2) is 0 Å². The summed E-state index contributed by atoms with van der Waals surface area (Å²) in [5.41, 5.74) is 0.150. The Morgan fingerprint density at radius 1 is 0.697 bits per heavy atom. The van der Waals surface area contributed by atoms with Gasteiger partial charge in [0.2, 0.25) is 0 Å². The fraction of sp³-hybridized carbons (Fsp3) is 0.0909. The number of azo groups is 1. The van der Waals surface area contributed by atoms with E-state index in [-0.39, 0.29) is 16.5 Å². The van der Waals surface area contributed by atoms with E-state index in [0.717, 1.165) is 29.0 Å². The second-order valence-electron chi connectivity index (χ2n) is 6.60. The minimum atomic E-state index is -4.88. The summed E-state index contributed by atoms with van der Waals surface area (Å²) in [6.07, 6.45) is 0. The van der Waals surface area contributed by atoms with E-state index in [1.165, 1.54) is 6.07 Å². The Kier molecular flexibility index (Phi) is 6.79. The lowest BCUT2D eigenvalue weighted by Crippen LogP contribution is -2.00. The van der Waals surface area contributed by atoms with Crippen LogP contribution in [0, 0.1) is 0 Å². The van der Waals surface area contributed by atoms with Gasteiger partial charge in [0, 0.05) is 10.8 Å². The zero-order chi connectivity index (χ0) is 24.4. The van der Waals surface area contributed by atoms with Gasteiger partial charge in [0.15, 0.2) is 5.75 Å². The maximum atomic E-state index is 11.7. The molecule has 0 radical (unpaired) electrons. The van der Waals surface area contributed by atoms with Gasteiger partial charge in [-0.3, -0.25) is 9.11 Å². The van der Waals surface area contributed by atoms with Crippen molar-refractivity contribution in [1.82, 2.24) is 0 Å². The number of fused-ring (bicyclic) bond motifs is 2. The number of phenols is 1. The molecule has 0 fully saturated rings. The summed E-state index contributed by atoms with van der Waals surface area (Å²) in [6.45, 7) is 4.00. The Labute approximate surface area is 190 Å². The quantitative estimate of drug-likeness (QED) is 0.248. The standard InChI is InChI=1S/C20H14N2O7S2.C2H6/c23-20-18(31(27,28)29)11-13-10-14(30(24,25)26)8-9-16(13)19(20)22-21-17-7-3-5-12-4-1-2-6-15(12)17;1-2/h1-11,23H,(H,24,25,26)(H,27,28,29);1-2H3. The molecule has 172 valence electrons. The van der Waals surface area contributed by atoms with Crippen molar-refractivity contribution >= 4 is 53.2 Å². The van der Waals surface area contributed by atoms with E-state index in [2.05, 4.69) is 10.2 Å². The van der Waals surface area contributed by atoms with Gasteiger partial charge < -0.3 is 5.11 Å². The topological polar surface area (TPSA) is 154 Å². The number of nitrogens with zero attached hydrogens (tertiary/aromatic N) is 2. The van der Waals surface area contributed by atoms with Crippen molar-refractivity contribution < 1.29 is 31.0 Å². The normalized spacial score (nSPS) is 12.1. The first-order valence-electron chi connectivity index (χ1n) is 9.70. The van der Waals surface area contributed by atoms with E-state index in [0.29, 0.717) is 5.69 Å². The van der Waals surface area contributed by atoms with Gasteiger partial charge in [-0.15, -0.1) is 10.2 Å². The molecule has 0 unspecified atom stereocenters. The molecule has 0 aromatic heterocycles. The molecule has 0 aliphatic rings. The lowest BCUT2D eigenvalue weighted by atomic mass is 10.1. The molecule has 0 heterocycles. The monoisotopic (exact) mass is 488 g/mol. The molecule has 3 N–H and O–H groups in total. The SMILES string of the molecule is CC.O=S(=O)(O)c1ccc2c(N=Nc3cccc4ccccc34)c(O)c(S(=O)(=O)O)cc2c1. The minimum Gasteiger partial charge on any atom is -0.504 e. The Morgan fingerprint density at radius 2 is 1.36 bits per heavy atom. The Bertz CT molecular complexity index is 1590. The van der Waals surface area contributed by atoms with Crippen molar-refractivity contribution in [2.75, 3.05) is 0 Å². The number of rotatable bonds is 4. The third-order valence-corrected chi connectivity index (χ3v) is 6.34. The van der Waals surface area contributed by atoms with Crippen LogP contribution in [0.3, 0.4) is 0 Å². The van der Waals surface area contributed by atoms with Crippen molar-refractivity contribution in [3.8, 4) is 5.75 Å². The number of hydrogen-bond acceptors (Lipinski definition) is 7. The van der Waals surface area contributed by atoms with Crippen LogP contribution in [-0.2, 0) is 20.2 Å². The third kappa shape index (κ3) is 5.01. The van der Waals surface area contributed by atoms with E-state index in [1.54, 1.807) is 12.1 Å². The molecule has 0 aliphatic heterocycles. The highest BCUT2D eigenvalue weighted by molar-refractivity contribution is 7.86. The largest absolute Gasteiger partial charge is 0.504 e. The number of benzene rings is 4. The van der Waals surface area contributed by atoms with Gasteiger partial charge in [-0.1, -0.05) is 56.3 Å². The Hall–Kier alpha value is -3.38. The van der Waals surface area contributed by atoms with E-state index >= 15 is 0 Å². The molecule has 4 rings (SSSR count). The molecule has 0 bridgehead atoms. The molecule has 0 amide bonds. The van der Waals surface area contributed by atoms with E-state index in [4.69, 9.17) is 0 Å². The van der Waals surface area contributed by atoms with Crippen molar-refractivity contribution in [3.63, 3.8) is 0 Å². The summed E-state index contributed by atoms with van der Waals surface area (Å²) < 4.78 is 65.1. The average Bonchev–Trinajstić information content (AvgIpc) is 2.78. The van der Waals surface area contributed by atoms with Crippen LogP contribution in [0.25, 0.3) is 21.5 Å². The summed E-state index contributed by atoms with van der Waals surface area (Å²) in [5, 5.41) is 20.4. The first-order chi connectivity index (χ1) is 15.6. The van der Waals surface area contributed by atoms with Crippen LogP contribution in [0.15, 0.2) is 86.7 Å². The number of aromatic hydroxyl groups is 1. The minimum absolute atomic E-state index is 0.00702. The molecule has 0 saturated heterocycles. The molecule has 0 atom stereocenters. The van der Waals surface area contributed by atoms with E-state index in [1.807, 2.05) is 44.2 Å². The van der Waals surface area contributed by atoms with E-state index < -0.39 is 35.8 Å². The zero-order valence-electron chi connectivity index (χ0n) is 17.5. The molecule has 0 spiro atoms. The molecule has 33 heavy (non-hydrogen) atoms. The summed E-state index contributed by atoms with van der Waals surface area (Å²) >= 11 is 0. The summed E-state index contributed by atoms with van der Waals surface area (Å²) in [6, 6.07) is 16.8. The van der Waals surface area contributed by atoms with Crippen LogP contribution in [0.1, 0.15) is 13.8 Å². The van der Waals surface area contributed by atoms with Crippen molar-refractivity contribution in [1.29, 1.82) is 0 Å². The fourth-order valence-electron chi connectivity index (χ4n) is 3.19. The highest BCUT2D eigenvalue weighted by Gasteiger charge is 2.23. The van der Waals surface area contributed by atoms with Crippen LogP contribution in [0.2, 0.25) is 0 Å². The smallest absolute Gasteiger partial charge is 0.298 e. The number of hydrogen-bond donors (Lipinski definition) is 3. The molecular formula is C22H20N2O7S2. The Balaban J connectivity index is 0.00000149. The summed E-state index contributed by atoms with van der Waals surface area (Å²) in [7, 11) is -9.45. The highest BCUT2D eigenvalue weighted by Crippen LogP contribution is 2.42. The van der Waals surface area contributed by atoms with Crippen molar-refractivity contribution in [2.24, 2.45) is 10.2 Å². The molecule has 0 aliphatic carbocycles. The third-order valence-electron chi connectivity index (χ3n) is 4.62. The number of phenolic OH excluding ortho intramolecular Hbond substituents is 1. The Morgan fingerprint density at radius 3 is 2.03 bits per heavy atom. The van der Waals surface area contributed by atoms with Gasteiger partial charge in [0.1, 0.15) is 10.6 Å². The predicted octanol–water partition coefficient (Wildman–Crippen LogP) is 5.63. The maximum absolute atomic E-state index is 11.7. The van der Waals surface area contributed by atoms with Crippen LogP contribution < -0.4 is 0 Å². The lowest BCUT2D eigenvalue weighted by Gasteiger charge is -2.10. The first kappa shape index (κ1) is 24.3. The van der Waals surface area contributed by atoms with Gasteiger partial charge in [0.25, 0.3) is 20.2 Å². The average molecular weight is 489 g/mol.